The third-order valence-electron chi connectivity index (χ3n) is 3.48. The highest BCUT2D eigenvalue weighted by Gasteiger charge is 2.28. The summed E-state index contributed by atoms with van der Waals surface area (Å²) in [5.41, 5.74) is 0.886. The SMILES string of the molecule is O=C1CC(=O)CC(c2ccc(-c3cccc(Cl)c3)o2)C1. The van der Waals surface area contributed by atoms with E-state index < -0.39 is 0 Å². The second-order valence-electron chi connectivity index (χ2n) is 5.07. The Hall–Kier alpha value is -1.87. The van der Waals surface area contributed by atoms with E-state index in [9.17, 15) is 9.59 Å². The number of halogens is 1. The lowest BCUT2D eigenvalue weighted by atomic mass is 9.86. The Morgan fingerprint density at radius 2 is 1.80 bits per heavy atom. The van der Waals surface area contributed by atoms with Crippen molar-refractivity contribution in [2.75, 3.05) is 0 Å². The first kappa shape index (κ1) is 13.1. The molecule has 20 heavy (non-hydrogen) atoms. The molecule has 0 N–H and O–H groups in total. The molecule has 1 aliphatic carbocycles. The van der Waals surface area contributed by atoms with Gasteiger partial charge in [0.15, 0.2) is 0 Å². The summed E-state index contributed by atoms with van der Waals surface area (Å²) in [5.74, 6) is 1.25. The molecule has 0 spiro atoms. The minimum Gasteiger partial charge on any atom is -0.461 e. The van der Waals surface area contributed by atoms with Crippen LogP contribution in [0.15, 0.2) is 40.8 Å². The van der Waals surface area contributed by atoms with Crippen molar-refractivity contribution in [2.24, 2.45) is 0 Å². The summed E-state index contributed by atoms with van der Waals surface area (Å²) < 4.78 is 5.80. The molecular formula is C16H13ClO3. The molecule has 0 aliphatic heterocycles. The summed E-state index contributed by atoms with van der Waals surface area (Å²) in [6.07, 6.45) is 0.834. The Morgan fingerprint density at radius 3 is 2.50 bits per heavy atom. The van der Waals surface area contributed by atoms with E-state index in [1.165, 1.54) is 0 Å². The van der Waals surface area contributed by atoms with Gasteiger partial charge in [-0.1, -0.05) is 23.7 Å². The highest BCUT2D eigenvalue weighted by molar-refractivity contribution is 6.30. The van der Waals surface area contributed by atoms with Crippen LogP contribution in [0.2, 0.25) is 5.02 Å². The van der Waals surface area contributed by atoms with Crippen LogP contribution >= 0.6 is 11.6 Å². The number of hydrogen-bond acceptors (Lipinski definition) is 3. The van der Waals surface area contributed by atoms with Gasteiger partial charge >= 0.3 is 0 Å². The van der Waals surface area contributed by atoms with E-state index >= 15 is 0 Å². The second kappa shape index (κ2) is 5.25. The first-order valence-corrected chi connectivity index (χ1v) is 6.88. The van der Waals surface area contributed by atoms with Crippen molar-refractivity contribution >= 4 is 23.2 Å². The first-order chi connectivity index (χ1) is 9.61. The number of furan rings is 1. The van der Waals surface area contributed by atoms with Gasteiger partial charge in [0.25, 0.3) is 0 Å². The Labute approximate surface area is 121 Å². The molecule has 2 aromatic rings. The van der Waals surface area contributed by atoms with Gasteiger partial charge in [0.2, 0.25) is 0 Å². The highest BCUT2D eigenvalue weighted by atomic mass is 35.5. The average molecular weight is 289 g/mol. The predicted molar refractivity (Wildman–Crippen MR) is 75.8 cm³/mol. The van der Waals surface area contributed by atoms with Crippen LogP contribution in [0.1, 0.15) is 30.9 Å². The summed E-state index contributed by atoms with van der Waals surface area (Å²) in [5, 5.41) is 0.642. The lowest BCUT2D eigenvalue weighted by molar-refractivity contribution is -0.130. The van der Waals surface area contributed by atoms with Crippen LogP contribution in [0.25, 0.3) is 11.3 Å². The quantitative estimate of drug-likeness (QED) is 0.785. The lowest BCUT2D eigenvalue weighted by Gasteiger charge is -2.17. The van der Waals surface area contributed by atoms with Gasteiger partial charge in [0, 0.05) is 29.3 Å². The van der Waals surface area contributed by atoms with Crippen molar-refractivity contribution < 1.29 is 14.0 Å². The summed E-state index contributed by atoms with van der Waals surface area (Å²) in [7, 11) is 0. The van der Waals surface area contributed by atoms with Gasteiger partial charge in [-0.3, -0.25) is 9.59 Å². The van der Waals surface area contributed by atoms with Crippen LogP contribution in [-0.4, -0.2) is 11.6 Å². The third kappa shape index (κ3) is 2.68. The molecule has 0 radical (unpaired) electrons. The van der Waals surface area contributed by atoms with Crippen LogP contribution in [0.3, 0.4) is 0 Å². The smallest absolute Gasteiger partial charge is 0.140 e. The fourth-order valence-electron chi connectivity index (χ4n) is 2.56. The lowest BCUT2D eigenvalue weighted by Crippen LogP contribution is -2.20. The highest BCUT2D eigenvalue weighted by Crippen LogP contribution is 2.33. The molecule has 0 unspecified atom stereocenters. The zero-order valence-electron chi connectivity index (χ0n) is 10.8. The van der Waals surface area contributed by atoms with E-state index in [0.29, 0.717) is 29.4 Å². The number of hydrogen-bond donors (Lipinski definition) is 0. The maximum Gasteiger partial charge on any atom is 0.140 e. The van der Waals surface area contributed by atoms with Gasteiger partial charge in [-0.05, 0) is 24.3 Å². The Morgan fingerprint density at radius 1 is 1.05 bits per heavy atom. The third-order valence-corrected chi connectivity index (χ3v) is 3.72. The number of carbonyl (C=O) groups excluding carboxylic acids is 2. The normalized spacial score (nSPS) is 16.6. The van der Waals surface area contributed by atoms with Crippen LogP contribution < -0.4 is 0 Å². The molecule has 0 bridgehead atoms. The first-order valence-electron chi connectivity index (χ1n) is 6.51. The van der Waals surface area contributed by atoms with Crippen LogP contribution in [0.5, 0.6) is 0 Å². The maximum absolute atomic E-state index is 11.5. The molecule has 0 atom stereocenters. The molecule has 1 aromatic carbocycles. The molecule has 1 heterocycles. The van der Waals surface area contributed by atoms with Crippen molar-refractivity contribution in [2.45, 2.75) is 25.2 Å². The molecule has 0 saturated heterocycles. The van der Waals surface area contributed by atoms with Crippen LogP contribution in [0, 0.1) is 0 Å². The largest absolute Gasteiger partial charge is 0.461 e. The van der Waals surface area contributed by atoms with Crippen molar-refractivity contribution in [1.29, 1.82) is 0 Å². The molecule has 1 aromatic heterocycles. The molecule has 1 aliphatic rings. The van der Waals surface area contributed by atoms with E-state index in [-0.39, 0.29) is 23.9 Å². The van der Waals surface area contributed by atoms with E-state index in [1.54, 1.807) is 6.07 Å². The van der Waals surface area contributed by atoms with Gasteiger partial charge in [0.05, 0.1) is 6.42 Å². The zero-order valence-corrected chi connectivity index (χ0v) is 11.5. The minimum atomic E-state index is -0.128. The Bertz CT molecular complexity index is 656. The van der Waals surface area contributed by atoms with Gasteiger partial charge in [-0.2, -0.15) is 0 Å². The van der Waals surface area contributed by atoms with Crippen molar-refractivity contribution in [3.8, 4) is 11.3 Å². The molecule has 3 rings (SSSR count). The second-order valence-corrected chi connectivity index (χ2v) is 5.51. The molecule has 3 nitrogen and oxygen atoms in total. The molecule has 1 saturated carbocycles. The fraction of sp³-hybridized carbons (Fsp3) is 0.250. The summed E-state index contributed by atoms with van der Waals surface area (Å²) in [4.78, 5) is 23.0. The number of Topliss-reactive ketones (excluding diaryl/α,β-unsaturated/α-hetero) is 2. The van der Waals surface area contributed by atoms with Gasteiger partial charge in [-0.15, -0.1) is 0 Å². The van der Waals surface area contributed by atoms with Crippen LogP contribution in [0.4, 0.5) is 0 Å². The summed E-state index contributed by atoms with van der Waals surface area (Å²) in [6, 6.07) is 11.1. The monoisotopic (exact) mass is 288 g/mol. The molecule has 0 amide bonds. The van der Waals surface area contributed by atoms with Crippen molar-refractivity contribution in [3.05, 3.63) is 47.2 Å². The van der Waals surface area contributed by atoms with Gasteiger partial charge < -0.3 is 4.42 Å². The predicted octanol–water partition coefficient (Wildman–Crippen LogP) is 4.01. The van der Waals surface area contributed by atoms with E-state index in [1.807, 2.05) is 30.3 Å². The topological polar surface area (TPSA) is 47.3 Å². The number of rotatable bonds is 2. The number of benzene rings is 1. The Kier molecular flexibility index (Phi) is 3.45. The average Bonchev–Trinajstić information content (AvgIpc) is 2.87. The summed E-state index contributed by atoms with van der Waals surface area (Å²) in [6.45, 7) is 0. The van der Waals surface area contributed by atoms with E-state index in [4.69, 9.17) is 16.0 Å². The number of ketones is 2. The molecule has 4 heteroatoms. The van der Waals surface area contributed by atoms with E-state index in [2.05, 4.69) is 0 Å². The van der Waals surface area contributed by atoms with Gasteiger partial charge in [0.1, 0.15) is 23.1 Å². The molecule has 102 valence electrons. The van der Waals surface area contributed by atoms with Crippen molar-refractivity contribution in [1.82, 2.24) is 0 Å². The van der Waals surface area contributed by atoms with Crippen molar-refractivity contribution in [3.63, 3.8) is 0 Å². The van der Waals surface area contributed by atoms with E-state index in [0.717, 1.165) is 5.56 Å². The fourth-order valence-corrected chi connectivity index (χ4v) is 2.75. The van der Waals surface area contributed by atoms with Gasteiger partial charge in [-0.25, -0.2) is 0 Å². The Balaban J connectivity index is 1.87. The standard InChI is InChI=1S/C16H13ClO3/c17-12-3-1-2-10(6-12)15-4-5-16(20-15)11-7-13(18)9-14(19)8-11/h1-6,11H,7-9H2. The molecule has 1 fully saturated rings. The maximum atomic E-state index is 11.5. The summed E-state index contributed by atoms with van der Waals surface area (Å²) >= 11 is 5.96. The zero-order chi connectivity index (χ0) is 14.1. The van der Waals surface area contributed by atoms with Crippen LogP contribution in [-0.2, 0) is 9.59 Å². The molecular weight excluding hydrogens is 276 g/mol. The number of carbonyl (C=O) groups is 2. The minimum absolute atomic E-state index is 0.00745.